The Morgan fingerprint density at radius 1 is 1.56 bits per heavy atom. The standard InChI is InChI=1S/C10H10BrFO4/c1-4(10(15)16)2-5-8(12)6(11)3-7(13)9(5)14/h3-4,13-14H,2H2,1H3,(H,15,16). The van der Waals surface area contributed by atoms with Crippen LogP contribution in [0.25, 0.3) is 0 Å². The maximum Gasteiger partial charge on any atom is 0.306 e. The van der Waals surface area contributed by atoms with Crippen molar-refractivity contribution in [2.24, 2.45) is 5.92 Å². The Bertz CT molecular complexity index is 407. The minimum absolute atomic E-state index is 0.0182. The zero-order valence-electron chi connectivity index (χ0n) is 8.37. The van der Waals surface area contributed by atoms with Crippen molar-refractivity contribution in [3.05, 3.63) is 21.9 Å². The van der Waals surface area contributed by atoms with Crippen molar-refractivity contribution in [1.29, 1.82) is 0 Å². The molecule has 1 aromatic rings. The first-order valence-corrected chi connectivity index (χ1v) is 5.25. The van der Waals surface area contributed by atoms with E-state index in [9.17, 15) is 19.4 Å². The molecule has 0 amide bonds. The van der Waals surface area contributed by atoms with Gasteiger partial charge in [-0.1, -0.05) is 6.92 Å². The Morgan fingerprint density at radius 2 is 2.12 bits per heavy atom. The van der Waals surface area contributed by atoms with Crippen LogP contribution in [0.15, 0.2) is 10.5 Å². The maximum absolute atomic E-state index is 13.6. The summed E-state index contributed by atoms with van der Waals surface area (Å²) in [6.07, 6.45) is -0.194. The number of benzene rings is 1. The lowest BCUT2D eigenvalue weighted by molar-refractivity contribution is -0.141. The predicted octanol–water partition coefficient (Wildman–Crippen LogP) is 2.26. The predicted molar refractivity (Wildman–Crippen MR) is 57.9 cm³/mol. The molecule has 0 radical (unpaired) electrons. The normalized spacial score (nSPS) is 12.4. The maximum atomic E-state index is 13.6. The molecule has 0 aliphatic carbocycles. The van der Waals surface area contributed by atoms with Crippen molar-refractivity contribution >= 4 is 21.9 Å². The Morgan fingerprint density at radius 3 is 2.62 bits per heavy atom. The number of halogens is 2. The summed E-state index contributed by atoms with van der Waals surface area (Å²) in [5.41, 5.74) is -0.207. The number of aromatic hydroxyl groups is 2. The first-order chi connectivity index (χ1) is 7.34. The number of hydrogen-bond acceptors (Lipinski definition) is 3. The average Bonchev–Trinajstić information content (AvgIpc) is 2.21. The summed E-state index contributed by atoms with van der Waals surface area (Å²) in [5, 5.41) is 27.4. The van der Waals surface area contributed by atoms with Gasteiger partial charge in [0.05, 0.1) is 10.4 Å². The summed E-state index contributed by atoms with van der Waals surface area (Å²) >= 11 is 2.86. The molecule has 0 aliphatic heterocycles. The van der Waals surface area contributed by atoms with Crippen molar-refractivity contribution in [3.63, 3.8) is 0 Å². The number of carbonyl (C=O) groups is 1. The molecular formula is C10H10BrFO4. The molecule has 88 valence electrons. The first kappa shape index (κ1) is 12.8. The lowest BCUT2D eigenvalue weighted by Crippen LogP contribution is -2.13. The number of carboxylic acids is 1. The molecule has 3 N–H and O–H groups in total. The molecule has 1 unspecified atom stereocenters. The number of phenolic OH excluding ortho intramolecular Hbond substituents is 2. The molecule has 1 rings (SSSR count). The third kappa shape index (κ3) is 2.44. The molecule has 1 aromatic carbocycles. The van der Waals surface area contributed by atoms with E-state index >= 15 is 0 Å². The fourth-order valence-electron chi connectivity index (χ4n) is 1.23. The highest BCUT2D eigenvalue weighted by atomic mass is 79.9. The van der Waals surface area contributed by atoms with Gasteiger partial charge < -0.3 is 15.3 Å². The van der Waals surface area contributed by atoms with E-state index in [4.69, 9.17) is 5.11 Å². The molecule has 1 atom stereocenters. The molecule has 0 saturated heterocycles. The van der Waals surface area contributed by atoms with Crippen molar-refractivity contribution in [2.45, 2.75) is 13.3 Å². The second kappa shape index (κ2) is 4.69. The van der Waals surface area contributed by atoms with Gasteiger partial charge in [-0.2, -0.15) is 0 Å². The van der Waals surface area contributed by atoms with E-state index in [1.807, 2.05) is 0 Å². The third-order valence-corrected chi connectivity index (χ3v) is 2.78. The number of phenols is 2. The van der Waals surface area contributed by atoms with Gasteiger partial charge in [-0.05, 0) is 22.4 Å². The second-order valence-corrected chi connectivity index (χ2v) is 4.32. The van der Waals surface area contributed by atoms with Crippen LogP contribution in [0.2, 0.25) is 0 Å². The number of hydrogen-bond donors (Lipinski definition) is 3. The van der Waals surface area contributed by atoms with Crippen molar-refractivity contribution in [2.75, 3.05) is 0 Å². The number of carboxylic acid groups (broad SMARTS) is 1. The molecular weight excluding hydrogens is 283 g/mol. The minimum Gasteiger partial charge on any atom is -0.504 e. The number of aliphatic carboxylic acids is 1. The summed E-state index contributed by atoms with van der Waals surface area (Å²) in [6.45, 7) is 1.39. The summed E-state index contributed by atoms with van der Waals surface area (Å²) < 4.78 is 13.5. The van der Waals surface area contributed by atoms with Crippen LogP contribution in [0.5, 0.6) is 11.5 Å². The largest absolute Gasteiger partial charge is 0.504 e. The Kier molecular flexibility index (Phi) is 3.74. The molecule has 0 heterocycles. The summed E-state index contributed by atoms with van der Waals surface area (Å²) in [5.74, 6) is -3.81. The van der Waals surface area contributed by atoms with E-state index in [2.05, 4.69) is 15.9 Å². The van der Waals surface area contributed by atoms with Crippen LogP contribution in [0.3, 0.4) is 0 Å². The van der Waals surface area contributed by atoms with Gasteiger partial charge in [-0.3, -0.25) is 4.79 Å². The highest BCUT2D eigenvalue weighted by Gasteiger charge is 2.21. The summed E-state index contributed by atoms with van der Waals surface area (Å²) in [4.78, 5) is 10.6. The third-order valence-electron chi connectivity index (χ3n) is 2.20. The van der Waals surface area contributed by atoms with E-state index in [-0.39, 0.29) is 16.5 Å². The van der Waals surface area contributed by atoms with Gasteiger partial charge in [-0.25, -0.2) is 4.39 Å². The second-order valence-electron chi connectivity index (χ2n) is 3.46. The van der Waals surface area contributed by atoms with Crippen LogP contribution in [-0.4, -0.2) is 21.3 Å². The highest BCUT2D eigenvalue weighted by Crippen LogP contribution is 2.36. The van der Waals surface area contributed by atoms with E-state index in [1.165, 1.54) is 6.92 Å². The van der Waals surface area contributed by atoms with E-state index in [0.717, 1.165) is 6.07 Å². The lowest BCUT2D eigenvalue weighted by atomic mass is 9.99. The monoisotopic (exact) mass is 292 g/mol. The smallest absolute Gasteiger partial charge is 0.306 e. The van der Waals surface area contributed by atoms with Gasteiger partial charge in [0, 0.05) is 11.6 Å². The fraction of sp³-hybridized carbons (Fsp3) is 0.300. The average molecular weight is 293 g/mol. The number of rotatable bonds is 3. The summed E-state index contributed by atoms with van der Waals surface area (Å²) in [7, 11) is 0. The zero-order chi connectivity index (χ0) is 12.5. The van der Waals surface area contributed by atoms with E-state index in [1.54, 1.807) is 0 Å². The van der Waals surface area contributed by atoms with Gasteiger partial charge in [0.15, 0.2) is 11.5 Å². The van der Waals surface area contributed by atoms with E-state index in [0.29, 0.717) is 0 Å². The van der Waals surface area contributed by atoms with Crippen LogP contribution in [-0.2, 0) is 11.2 Å². The molecule has 0 aliphatic rings. The molecule has 4 nitrogen and oxygen atoms in total. The molecule has 0 bridgehead atoms. The topological polar surface area (TPSA) is 77.8 Å². The molecule has 0 aromatic heterocycles. The lowest BCUT2D eigenvalue weighted by Gasteiger charge is -2.11. The molecule has 6 heteroatoms. The molecule has 0 saturated carbocycles. The van der Waals surface area contributed by atoms with Crippen LogP contribution < -0.4 is 0 Å². The minimum atomic E-state index is -1.10. The van der Waals surface area contributed by atoms with Gasteiger partial charge >= 0.3 is 5.97 Å². The Balaban J connectivity index is 3.17. The van der Waals surface area contributed by atoms with Gasteiger partial charge in [-0.15, -0.1) is 0 Å². The van der Waals surface area contributed by atoms with Crippen LogP contribution in [0.4, 0.5) is 4.39 Å². The van der Waals surface area contributed by atoms with Crippen LogP contribution >= 0.6 is 15.9 Å². The fourth-order valence-corrected chi connectivity index (χ4v) is 1.69. The molecule has 16 heavy (non-hydrogen) atoms. The molecule has 0 fully saturated rings. The van der Waals surface area contributed by atoms with Crippen LogP contribution in [0, 0.1) is 11.7 Å². The first-order valence-electron chi connectivity index (χ1n) is 4.46. The molecule has 0 spiro atoms. The van der Waals surface area contributed by atoms with E-state index < -0.39 is 29.2 Å². The Labute approximate surface area is 99.5 Å². The zero-order valence-corrected chi connectivity index (χ0v) is 9.95. The van der Waals surface area contributed by atoms with Crippen LogP contribution in [0.1, 0.15) is 12.5 Å². The van der Waals surface area contributed by atoms with Crippen molar-refractivity contribution < 1.29 is 24.5 Å². The van der Waals surface area contributed by atoms with Crippen molar-refractivity contribution in [3.8, 4) is 11.5 Å². The Hall–Kier alpha value is -1.30. The highest BCUT2D eigenvalue weighted by molar-refractivity contribution is 9.10. The summed E-state index contributed by atoms with van der Waals surface area (Å²) in [6, 6.07) is 1.01. The van der Waals surface area contributed by atoms with Crippen molar-refractivity contribution in [1.82, 2.24) is 0 Å². The quantitative estimate of drug-likeness (QED) is 0.747. The van der Waals surface area contributed by atoms with Gasteiger partial charge in [0.25, 0.3) is 0 Å². The van der Waals surface area contributed by atoms with Gasteiger partial charge in [0.2, 0.25) is 0 Å². The van der Waals surface area contributed by atoms with Gasteiger partial charge in [0.1, 0.15) is 5.82 Å². The SMILES string of the molecule is CC(Cc1c(O)c(O)cc(Br)c1F)C(=O)O.